The number of rotatable bonds is 28. The molecule has 0 N–H and O–H groups in total. The van der Waals surface area contributed by atoms with Crippen molar-refractivity contribution in [2.75, 3.05) is 13.2 Å². The first-order valence-corrected chi connectivity index (χ1v) is 21.2. The summed E-state index contributed by atoms with van der Waals surface area (Å²) in [6.45, 7) is 8.15. The Hall–Kier alpha value is -4.64. The van der Waals surface area contributed by atoms with E-state index in [0.29, 0.717) is 35.5 Å². The summed E-state index contributed by atoms with van der Waals surface area (Å²) in [6, 6.07) is 23.1. The van der Waals surface area contributed by atoms with Crippen molar-refractivity contribution in [1.29, 1.82) is 5.26 Å². The van der Waals surface area contributed by atoms with E-state index < -0.39 is 11.9 Å². The maximum absolute atomic E-state index is 12.9. The number of esters is 3. The molecule has 8 heteroatoms. The van der Waals surface area contributed by atoms with Gasteiger partial charge in [0, 0.05) is 0 Å². The molecule has 0 aliphatic heterocycles. The number of unbranched alkanes of at least 4 members (excludes halogenated alkanes) is 13. The van der Waals surface area contributed by atoms with E-state index in [1.807, 2.05) is 38.1 Å². The molecule has 56 heavy (non-hydrogen) atoms. The van der Waals surface area contributed by atoms with E-state index in [4.69, 9.17) is 24.2 Å². The van der Waals surface area contributed by atoms with Crippen molar-refractivity contribution in [2.45, 2.75) is 143 Å². The molecule has 0 saturated heterocycles. The molecule has 3 aromatic rings. The second kappa shape index (κ2) is 27.0. The van der Waals surface area contributed by atoms with Gasteiger partial charge in [-0.05, 0) is 92.3 Å². The molecule has 0 aliphatic carbocycles. The summed E-state index contributed by atoms with van der Waals surface area (Å²) in [5.74, 6) is -0.988. The Morgan fingerprint density at radius 2 is 1.14 bits per heavy atom. The zero-order chi connectivity index (χ0) is 40.4. The van der Waals surface area contributed by atoms with Gasteiger partial charge in [0.05, 0.1) is 35.1 Å². The van der Waals surface area contributed by atoms with Gasteiger partial charge in [0.1, 0.15) is 24.7 Å². The van der Waals surface area contributed by atoms with Gasteiger partial charge in [-0.25, -0.2) is 4.79 Å². The molecule has 304 valence electrons. The Balaban J connectivity index is 1.25. The first kappa shape index (κ1) is 45.7. The first-order chi connectivity index (χ1) is 27.2. The monoisotopic (exact) mass is 767 g/mol. The van der Waals surface area contributed by atoms with Crippen LogP contribution in [0.25, 0.3) is 11.1 Å². The largest absolute Gasteiger partial charge is 0.490 e. The molecular formula is C48H65NO7. The number of ether oxygens (including phenoxy) is 4. The quantitative estimate of drug-likeness (QED) is 0.0408. The Bertz CT molecular complexity index is 1590. The van der Waals surface area contributed by atoms with E-state index in [1.165, 1.54) is 83.5 Å². The van der Waals surface area contributed by atoms with E-state index in [2.05, 4.69) is 13.0 Å². The van der Waals surface area contributed by atoms with Crippen LogP contribution in [0.1, 0.15) is 153 Å². The van der Waals surface area contributed by atoms with Gasteiger partial charge in [0.15, 0.2) is 0 Å². The Morgan fingerprint density at radius 3 is 1.68 bits per heavy atom. The predicted molar refractivity (Wildman–Crippen MR) is 222 cm³/mol. The van der Waals surface area contributed by atoms with Crippen LogP contribution < -0.4 is 9.47 Å². The smallest absolute Gasteiger partial charge is 0.343 e. The van der Waals surface area contributed by atoms with Crippen LogP contribution in [0.15, 0.2) is 72.8 Å². The van der Waals surface area contributed by atoms with Crippen LogP contribution in [0.2, 0.25) is 0 Å². The zero-order valence-electron chi connectivity index (χ0n) is 34.4. The number of carbonyl (C=O) groups is 3. The number of benzene rings is 3. The summed E-state index contributed by atoms with van der Waals surface area (Å²) in [6.07, 6.45) is 20.2. The molecule has 0 fully saturated rings. The molecule has 3 aromatic carbocycles. The minimum absolute atomic E-state index is 0.0584. The van der Waals surface area contributed by atoms with Crippen LogP contribution in [0, 0.1) is 23.2 Å². The van der Waals surface area contributed by atoms with E-state index in [0.717, 1.165) is 24.0 Å². The standard InChI is InChI=1S/C48H65NO7/c1-5-7-8-9-10-11-12-13-14-15-16-17-18-19-20-38(4)55-47(51)40(6-2)35-37(3)46(50)54-34-33-53-44-29-27-43(28-30-44)48(52)56-45-31-25-42(26-32-45)41-23-21-39(36-49)22-24-41/h21-32,37-38,40H,5-20,33-35H2,1-4H3. The normalized spacial score (nSPS) is 12.6. The van der Waals surface area contributed by atoms with Crippen molar-refractivity contribution < 1.29 is 33.3 Å². The highest BCUT2D eigenvalue weighted by molar-refractivity contribution is 5.91. The summed E-state index contributed by atoms with van der Waals surface area (Å²) < 4.78 is 22.4. The summed E-state index contributed by atoms with van der Waals surface area (Å²) >= 11 is 0. The van der Waals surface area contributed by atoms with Crippen molar-refractivity contribution >= 4 is 17.9 Å². The number of nitriles is 1. The Labute approximate surface area is 336 Å². The fourth-order valence-electron chi connectivity index (χ4n) is 6.68. The number of nitrogens with zero attached hydrogens (tertiary/aromatic N) is 1. The van der Waals surface area contributed by atoms with E-state index in [-0.39, 0.29) is 37.2 Å². The van der Waals surface area contributed by atoms with Gasteiger partial charge in [0.2, 0.25) is 0 Å². The van der Waals surface area contributed by atoms with Crippen LogP contribution in [0.4, 0.5) is 0 Å². The van der Waals surface area contributed by atoms with Crippen molar-refractivity contribution in [3.05, 3.63) is 83.9 Å². The van der Waals surface area contributed by atoms with Gasteiger partial charge in [-0.3, -0.25) is 9.59 Å². The maximum Gasteiger partial charge on any atom is 0.343 e. The van der Waals surface area contributed by atoms with Crippen LogP contribution in [0.5, 0.6) is 11.5 Å². The van der Waals surface area contributed by atoms with Gasteiger partial charge in [-0.1, -0.05) is 129 Å². The molecule has 0 aromatic heterocycles. The third-order valence-electron chi connectivity index (χ3n) is 10.2. The van der Waals surface area contributed by atoms with Gasteiger partial charge < -0.3 is 18.9 Å². The maximum atomic E-state index is 12.9. The summed E-state index contributed by atoms with van der Waals surface area (Å²) in [7, 11) is 0. The molecule has 8 nitrogen and oxygen atoms in total. The Morgan fingerprint density at radius 1 is 0.625 bits per heavy atom. The summed E-state index contributed by atoms with van der Waals surface area (Å²) in [4.78, 5) is 38.3. The zero-order valence-corrected chi connectivity index (χ0v) is 34.4. The molecule has 3 rings (SSSR count). The van der Waals surface area contributed by atoms with Crippen LogP contribution >= 0.6 is 0 Å². The van der Waals surface area contributed by atoms with Crippen molar-refractivity contribution in [3.8, 4) is 28.7 Å². The fourth-order valence-corrected chi connectivity index (χ4v) is 6.68. The lowest BCUT2D eigenvalue weighted by Gasteiger charge is -2.21. The minimum atomic E-state index is -0.501. The SMILES string of the molecule is CCCCCCCCCCCCCCCCC(C)OC(=O)C(CC)CC(C)C(=O)OCCOc1ccc(C(=O)Oc2ccc(-c3ccc(C#N)cc3)cc2)cc1. The number of hydrogen-bond donors (Lipinski definition) is 0. The summed E-state index contributed by atoms with van der Waals surface area (Å²) in [5, 5.41) is 8.99. The van der Waals surface area contributed by atoms with E-state index in [9.17, 15) is 14.4 Å². The fraction of sp³-hybridized carbons (Fsp3) is 0.542. The van der Waals surface area contributed by atoms with Gasteiger partial charge >= 0.3 is 17.9 Å². The highest BCUT2D eigenvalue weighted by Crippen LogP contribution is 2.24. The average Bonchev–Trinajstić information content (AvgIpc) is 3.21. The molecule has 0 heterocycles. The average molecular weight is 768 g/mol. The van der Waals surface area contributed by atoms with Gasteiger partial charge in [-0.15, -0.1) is 0 Å². The highest BCUT2D eigenvalue weighted by Gasteiger charge is 2.26. The van der Waals surface area contributed by atoms with E-state index in [1.54, 1.807) is 55.5 Å². The van der Waals surface area contributed by atoms with Crippen molar-refractivity contribution in [1.82, 2.24) is 0 Å². The lowest BCUT2D eigenvalue weighted by molar-refractivity contribution is -0.156. The van der Waals surface area contributed by atoms with Crippen LogP contribution in [-0.2, 0) is 19.1 Å². The molecule has 0 saturated carbocycles. The van der Waals surface area contributed by atoms with Crippen LogP contribution in [0.3, 0.4) is 0 Å². The van der Waals surface area contributed by atoms with Crippen LogP contribution in [-0.4, -0.2) is 37.2 Å². The van der Waals surface area contributed by atoms with Gasteiger partial charge in [0.25, 0.3) is 0 Å². The second-order valence-electron chi connectivity index (χ2n) is 15.0. The highest BCUT2D eigenvalue weighted by atomic mass is 16.6. The third kappa shape index (κ3) is 17.9. The minimum Gasteiger partial charge on any atom is -0.490 e. The number of hydrogen-bond acceptors (Lipinski definition) is 8. The van der Waals surface area contributed by atoms with E-state index >= 15 is 0 Å². The number of carbonyl (C=O) groups excluding carboxylic acids is 3. The molecule has 0 amide bonds. The Kier molecular flexibility index (Phi) is 22.1. The molecule has 0 bridgehead atoms. The van der Waals surface area contributed by atoms with Crippen molar-refractivity contribution in [3.63, 3.8) is 0 Å². The third-order valence-corrected chi connectivity index (χ3v) is 10.2. The molecule has 0 spiro atoms. The topological polar surface area (TPSA) is 112 Å². The van der Waals surface area contributed by atoms with Crippen molar-refractivity contribution in [2.24, 2.45) is 11.8 Å². The lowest BCUT2D eigenvalue weighted by atomic mass is 9.93. The molecule has 0 radical (unpaired) electrons. The molecule has 0 aliphatic rings. The predicted octanol–water partition coefficient (Wildman–Crippen LogP) is 12.2. The summed E-state index contributed by atoms with van der Waals surface area (Å²) in [5.41, 5.74) is 2.86. The molecule has 3 atom stereocenters. The lowest BCUT2D eigenvalue weighted by Crippen LogP contribution is -2.27. The second-order valence-corrected chi connectivity index (χ2v) is 15.0. The first-order valence-electron chi connectivity index (χ1n) is 21.2. The van der Waals surface area contributed by atoms with Gasteiger partial charge in [-0.2, -0.15) is 5.26 Å². The molecule has 3 unspecified atom stereocenters. The molecular weight excluding hydrogens is 703 g/mol.